The van der Waals surface area contributed by atoms with Gasteiger partial charge < -0.3 is 33.8 Å². The van der Waals surface area contributed by atoms with Crippen LogP contribution in [0.2, 0.25) is 0 Å². The van der Waals surface area contributed by atoms with Crippen LogP contribution in [0.4, 0.5) is 0 Å². The fourth-order valence-electron chi connectivity index (χ4n) is 12.0. The first kappa shape index (κ1) is 96.1. The van der Waals surface area contributed by atoms with E-state index in [4.69, 9.17) is 37.0 Å². The maximum absolute atomic E-state index is 13.1. The molecular weight excluding hydrogens is 1280 g/mol. The van der Waals surface area contributed by atoms with E-state index in [0.717, 1.165) is 114 Å². The van der Waals surface area contributed by atoms with E-state index in [0.29, 0.717) is 31.6 Å². The van der Waals surface area contributed by atoms with Gasteiger partial charge in [0.05, 0.1) is 26.4 Å². The fourth-order valence-corrected chi connectivity index (χ4v) is 13.6. The Labute approximate surface area is 600 Å². The molecule has 0 aliphatic heterocycles. The number of phosphoric acid groups is 2. The topological polar surface area (TPSA) is 237 Å². The van der Waals surface area contributed by atoms with E-state index < -0.39 is 97.5 Å². The molecule has 17 nitrogen and oxygen atoms in total. The zero-order chi connectivity index (χ0) is 72.4. The maximum atomic E-state index is 13.1. The van der Waals surface area contributed by atoms with Gasteiger partial charge in [0.1, 0.15) is 19.3 Å². The largest absolute Gasteiger partial charge is 0.472 e. The molecule has 0 aromatic carbocycles. The molecule has 0 aromatic heterocycles. The summed E-state index contributed by atoms with van der Waals surface area (Å²) in [6.07, 6.45) is 54.2. The summed E-state index contributed by atoms with van der Waals surface area (Å²) < 4.78 is 68.6. The second-order valence-corrected chi connectivity index (χ2v) is 33.0. The normalized spacial score (nSPS) is 14.3. The van der Waals surface area contributed by atoms with Crippen LogP contribution in [-0.4, -0.2) is 96.7 Å². The number of hydrogen-bond acceptors (Lipinski definition) is 15. The van der Waals surface area contributed by atoms with E-state index in [1.165, 1.54) is 199 Å². The second kappa shape index (κ2) is 68.2. The number of aliphatic hydroxyl groups excluding tert-OH is 1. The van der Waals surface area contributed by atoms with Crippen molar-refractivity contribution in [3.05, 3.63) is 0 Å². The predicted octanol–water partition coefficient (Wildman–Crippen LogP) is 23.2. The van der Waals surface area contributed by atoms with Crippen molar-refractivity contribution in [3.8, 4) is 0 Å². The molecule has 6 atom stereocenters. The lowest BCUT2D eigenvalue weighted by Gasteiger charge is -2.21. The molecule has 0 aliphatic rings. The van der Waals surface area contributed by atoms with Crippen LogP contribution in [0, 0.1) is 23.7 Å². The third kappa shape index (κ3) is 71.1. The van der Waals surface area contributed by atoms with Crippen molar-refractivity contribution in [2.75, 3.05) is 39.6 Å². The number of unbranched alkanes of at least 4 members (excludes halogenated alkanes) is 41. The van der Waals surface area contributed by atoms with E-state index in [1.807, 2.05) is 0 Å². The molecule has 0 aromatic rings. The molecule has 582 valence electrons. The molecule has 98 heavy (non-hydrogen) atoms. The van der Waals surface area contributed by atoms with Gasteiger partial charge in [0.15, 0.2) is 12.2 Å². The lowest BCUT2D eigenvalue weighted by Crippen LogP contribution is -2.30. The van der Waals surface area contributed by atoms with Crippen molar-refractivity contribution in [2.45, 2.75) is 420 Å². The second-order valence-electron chi connectivity index (χ2n) is 30.1. The number of carbonyl (C=O) groups is 4. The summed E-state index contributed by atoms with van der Waals surface area (Å²) in [6, 6.07) is 0. The van der Waals surface area contributed by atoms with Crippen LogP contribution in [0.3, 0.4) is 0 Å². The lowest BCUT2D eigenvalue weighted by atomic mass is 9.99. The van der Waals surface area contributed by atoms with Gasteiger partial charge in [-0.3, -0.25) is 37.3 Å². The van der Waals surface area contributed by atoms with Gasteiger partial charge in [-0.1, -0.05) is 351 Å². The van der Waals surface area contributed by atoms with Crippen LogP contribution < -0.4 is 0 Å². The molecule has 0 fully saturated rings. The Kier molecular flexibility index (Phi) is 66.8. The highest BCUT2D eigenvalue weighted by Gasteiger charge is 2.30. The summed E-state index contributed by atoms with van der Waals surface area (Å²) in [7, 11) is -9.92. The Balaban J connectivity index is 5.21. The first-order chi connectivity index (χ1) is 47.1. The third-order valence-corrected chi connectivity index (χ3v) is 20.6. The number of carbonyl (C=O) groups excluding carboxylic acids is 4. The number of hydrogen-bond donors (Lipinski definition) is 3. The summed E-state index contributed by atoms with van der Waals surface area (Å²) in [5.41, 5.74) is 0. The van der Waals surface area contributed by atoms with Crippen LogP contribution in [-0.2, 0) is 65.4 Å². The molecule has 19 heteroatoms. The molecule has 3 N–H and O–H groups in total. The SMILES string of the molecule is CCC(C)CCCCCCCCCCCCC(=O)O[C@H](COC(=O)CCCCCCCCCCCCC(C)C)COP(=O)(O)OCC(O)COP(=O)(O)OC[C@@H](COC(=O)CCCCCCCCCC(C)C)OC(=O)CCCCCCCCCCCCCCCCCCCCC(C)C. The first-order valence-electron chi connectivity index (χ1n) is 40.7. The van der Waals surface area contributed by atoms with Crippen LogP contribution in [0.5, 0.6) is 0 Å². The van der Waals surface area contributed by atoms with E-state index in [2.05, 4.69) is 55.4 Å². The number of aliphatic hydroxyl groups is 1. The van der Waals surface area contributed by atoms with Gasteiger partial charge in [0.25, 0.3) is 0 Å². The van der Waals surface area contributed by atoms with Gasteiger partial charge in [0.2, 0.25) is 0 Å². The Morgan fingerprint density at radius 3 is 0.724 bits per heavy atom. The van der Waals surface area contributed by atoms with E-state index >= 15 is 0 Å². The molecule has 0 radical (unpaired) electrons. The zero-order valence-electron chi connectivity index (χ0n) is 64.4. The van der Waals surface area contributed by atoms with Gasteiger partial charge >= 0.3 is 39.5 Å². The number of ether oxygens (including phenoxy) is 4. The average molecular weight is 1440 g/mol. The summed E-state index contributed by atoms with van der Waals surface area (Å²) in [5, 5.41) is 10.6. The highest BCUT2D eigenvalue weighted by Crippen LogP contribution is 2.45. The monoisotopic (exact) mass is 1440 g/mol. The molecule has 0 saturated heterocycles. The summed E-state index contributed by atoms with van der Waals surface area (Å²) in [6.45, 7) is 14.2. The highest BCUT2D eigenvalue weighted by molar-refractivity contribution is 7.47. The zero-order valence-corrected chi connectivity index (χ0v) is 66.2. The molecule has 0 saturated carbocycles. The Morgan fingerprint density at radius 2 is 0.490 bits per heavy atom. The fraction of sp³-hybridized carbons (Fsp3) is 0.949. The van der Waals surface area contributed by atoms with Crippen molar-refractivity contribution in [1.82, 2.24) is 0 Å². The average Bonchev–Trinajstić information content (AvgIpc) is 1.07. The molecule has 0 heterocycles. The van der Waals surface area contributed by atoms with E-state index in [-0.39, 0.29) is 25.7 Å². The first-order valence-corrected chi connectivity index (χ1v) is 43.7. The van der Waals surface area contributed by atoms with Gasteiger partial charge in [-0.15, -0.1) is 0 Å². The molecule has 0 spiro atoms. The molecule has 0 aliphatic carbocycles. The highest BCUT2D eigenvalue weighted by atomic mass is 31.2. The van der Waals surface area contributed by atoms with Crippen molar-refractivity contribution >= 4 is 39.5 Å². The van der Waals surface area contributed by atoms with Crippen molar-refractivity contribution < 1.29 is 80.2 Å². The minimum absolute atomic E-state index is 0.106. The van der Waals surface area contributed by atoms with Crippen LogP contribution >= 0.6 is 15.6 Å². The lowest BCUT2D eigenvalue weighted by molar-refractivity contribution is -0.161. The maximum Gasteiger partial charge on any atom is 0.472 e. The van der Waals surface area contributed by atoms with Gasteiger partial charge in [-0.2, -0.15) is 0 Å². The van der Waals surface area contributed by atoms with Crippen molar-refractivity contribution in [3.63, 3.8) is 0 Å². The minimum Gasteiger partial charge on any atom is -0.462 e. The van der Waals surface area contributed by atoms with E-state index in [1.54, 1.807) is 0 Å². The van der Waals surface area contributed by atoms with Crippen LogP contribution in [0.25, 0.3) is 0 Å². The van der Waals surface area contributed by atoms with E-state index in [9.17, 15) is 43.2 Å². The van der Waals surface area contributed by atoms with Gasteiger partial charge in [0, 0.05) is 25.7 Å². The summed E-state index contributed by atoms with van der Waals surface area (Å²) in [5.74, 6) is 0.969. The third-order valence-electron chi connectivity index (χ3n) is 18.7. The molecule has 0 rings (SSSR count). The molecular formula is C79H154O17P2. The number of rotatable bonds is 76. The minimum atomic E-state index is -4.96. The van der Waals surface area contributed by atoms with Crippen molar-refractivity contribution in [2.24, 2.45) is 23.7 Å². The smallest absolute Gasteiger partial charge is 0.462 e. The van der Waals surface area contributed by atoms with Crippen molar-refractivity contribution in [1.29, 1.82) is 0 Å². The summed E-state index contributed by atoms with van der Waals surface area (Å²) in [4.78, 5) is 72.9. The Morgan fingerprint density at radius 1 is 0.286 bits per heavy atom. The molecule has 4 unspecified atom stereocenters. The molecule has 0 amide bonds. The van der Waals surface area contributed by atoms with Crippen LogP contribution in [0.1, 0.15) is 402 Å². The van der Waals surface area contributed by atoms with Gasteiger partial charge in [-0.05, 0) is 49.4 Å². The Hall–Kier alpha value is -1.94. The molecule has 0 bridgehead atoms. The van der Waals surface area contributed by atoms with Crippen LogP contribution in [0.15, 0.2) is 0 Å². The quantitative estimate of drug-likeness (QED) is 0.0222. The summed E-state index contributed by atoms with van der Waals surface area (Å²) >= 11 is 0. The number of phosphoric ester groups is 2. The number of esters is 4. The van der Waals surface area contributed by atoms with Gasteiger partial charge in [-0.25, -0.2) is 9.13 Å². The standard InChI is InChI=1S/C79H154O17P2/c1-9-72(8)58-50-42-34-26-21-23-29-37-46-54-62-79(84)95-74(65-89-76(81)59-51-43-35-27-22-20-25-32-40-48-56-70(4)5)67-93-97(85,86)91-63-73(80)64-92-98(87,88)94-68-75(66-90-77(82)60-52-44-38-30-33-41-49-57-71(6)7)96-78(83)61-53-45-36-28-19-17-15-13-11-10-12-14-16-18-24-31-39-47-55-69(2)3/h69-75,80H,9-68H2,1-8H3,(H,85,86)(H,87,88)/t72?,73?,74-,75-/m1/s1. The predicted molar refractivity (Wildman–Crippen MR) is 400 cm³/mol. The Bertz CT molecular complexity index is 1920.